The first-order valence-corrected chi connectivity index (χ1v) is 8.93. The molecule has 5 heteroatoms. The Kier molecular flexibility index (Phi) is 4.43. The van der Waals surface area contributed by atoms with Gasteiger partial charge in [0.1, 0.15) is 0 Å². The minimum atomic E-state index is 0.223. The smallest absolute Gasteiger partial charge is 0.233 e. The molecule has 1 amide bonds. The van der Waals surface area contributed by atoms with Crippen LogP contribution in [0.4, 0.5) is 0 Å². The largest absolute Gasteiger partial charge is 0.337 e. The standard InChI is InChI=1S/C17H23N3OS/c1-11-7-8-14-15(9-11)19-17(18-14)22-10-16(21)20-12(2)5-4-6-13(20)3/h7-9,12-13H,4-6,10H2,1-3H3,(H,18,19)/t12-,13-/m0/s1. The number of rotatable bonds is 3. The van der Waals surface area contributed by atoms with Gasteiger partial charge in [-0.25, -0.2) is 4.98 Å². The van der Waals surface area contributed by atoms with Gasteiger partial charge in [0, 0.05) is 12.1 Å². The second-order valence-corrected chi connectivity index (χ2v) is 7.25. The van der Waals surface area contributed by atoms with Crippen LogP contribution in [0.15, 0.2) is 23.4 Å². The van der Waals surface area contributed by atoms with E-state index in [0.29, 0.717) is 17.8 Å². The highest BCUT2D eigenvalue weighted by molar-refractivity contribution is 7.99. The summed E-state index contributed by atoms with van der Waals surface area (Å²) in [5.74, 6) is 0.675. The molecule has 2 heterocycles. The summed E-state index contributed by atoms with van der Waals surface area (Å²) in [6.07, 6.45) is 3.46. The number of aryl methyl sites for hydroxylation is 1. The fourth-order valence-corrected chi connectivity index (χ4v) is 4.04. The van der Waals surface area contributed by atoms with Gasteiger partial charge in [0.05, 0.1) is 16.8 Å². The van der Waals surface area contributed by atoms with Crippen LogP contribution >= 0.6 is 11.8 Å². The van der Waals surface area contributed by atoms with Gasteiger partial charge < -0.3 is 9.88 Å². The number of carbonyl (C=O) groups is 1. The molecule has 1 saturated heterocycles. The SMILES string of the molecule is Cc1ccc2nc(SCC(=O)N3[C@@H](C)CCC[C@@H]3C)[nH]c2c1. The molecule has 1 fully saturated rings. The van der Waals surface area contributed by atoms with Crippen molar-refractivity contribution >= 4 is 28.7 Å². The quantitative estimate of drug-likeness (QED) is 0.877. The van der Waals surface area contributed by atoms with Crippen LogP contribution in [0.2, 0.25) is 0 Å². The normalized spacial score (nSPS) is 22.2. The number of hydrogen-bond donors (Lipinski definition) is 1. The van der Waals surface area contributed by atoms with Gasteiger partial charge in [0.25, 0.3) is 0 Å². The molecule has 0 unspecified atom stereocenters. The summed E-state index contributed by atoms with van der Waals surface area (Å²) in [7, 11) is 0. The Morgan fingerprint density at radius 3 is 2.82 bits per heavy atom. The Labute approximate surface area is 135 Å². The molecule has 4 nitrogen and oxygen atoms in total. The van der Waals surface area contributed by atoms with Crippen molar-refractivity contribution in [2.75, 3.05) is 5.75 Å². The predicted molar refractivity (Wildman–Crippen MR) is 91.2 cm³/mol. The van der Waals surface area contributed by atoms with Crippen molar-refractivity contribution in [1.29, 1.82) is 0 Å². The number of aromatic amines is 1. The monoisotopic (exact) mass is 317 g/mol. The molecule has 1 aliphatic heterocycles. The van der Waals surface area contributed by atoms with E-state index in [1.807, 2.05) is 6.07 Å². The third-order valence-corrected chi connectivity index (χ3v) is 5.29. The number of likely N-dealkylation sites (tertiary alicyclic amines) is 1. The molecule has 0 aliphatic carbocycles. The van der Waals surface area contributed by atoms with E-state index >= 15 is 0 Å². The number of aromatic nitrogens is 2. The number of H-pyrrole nitrogens is 1. The van der Waals surface area contributed by atoms with Crippen molar-refractivity contribution in [1.82, 2.24) is 14.9 Å². The Morgan fingerprint density at radius 2 is 2.09 bits per heavy atom. The van der Waals surface area contributed by atoms with E-state index in [1.165, 1.54) is 23.7 Å². The first-order chi connectivity index (χ1) is 10.5. The number of piperidine rings is 1. The predicted octanol–water partition coefficient (Wildman–Crippen LogP) is 3.75. The Bertz CT molecular complexity index is 672. The maximum absolute atomic E-state index is 12.5. The Balaban J connectivity index is 1.66. The minimum absolute atomic E-state index is 0.223. The van der Waals surface area contributed by atoms with Crippen LogP contribution in [0, 0.1) is 6.92 Å². The van der Waals surface area contributed by atoms with Gasteiger partial charge in [-0.1, -0.05) is 17.8 Å². The first kappa shape index (κ1) is 15.4. The van der Waals surface area contributed by atoms with Crippen molar-refractivity contribution in [3.63, 3.8) is 0 Å². The molecular formula is C17H23N3OS. The summed E-state index contributed by atoms with van der Waals surface area (Å²) < 4.78 is 0. The molecule has 0 radical (unpaired) electrons. The van der Waals surface area contributed by atoms with Crippen LogP contribution in [0.1, 0.15) is 38.7 Å². The van der Waals surface area contributed by atoms with Gasteiger partial charge in [-0.05, 0) is 57.7 Å². The highest BCUT2D eigenvalue weighted by Gasteiger charge is 2.28. The molecule has 1 aliphatic rings. The number of nitrogens with one attached hydrogen (secondary N) is 1. The van der Waals surface area contributed by atoms with Gasteiger partial charge in [-0.15, -0.1) is 0 Å². The lowest BCUT2D eigenvalue weighted by molar-refractivity contribution is -0.134. The molecule has 118 valence electrons. The number of benzene rings is 1. The molecule has 3 rings (SSSR count). The molecular weight excluding hydrogens is 294 g/mol. The average Bonchev–Trinajstić information content (AvgIpc) is 2.87. The lowest BCUT2D eigenvalue weighted by Crippen LogP contribution is -2.48. The number of fused-ring (bicyclic) bond motifs is 1. The van der Waals surface area contributed by atoms with Gasteiger partial charge in [0.15, 0.2) is 5.16 Å². The molecule has 2 atom stereocenters. The van der Waals surface area contributed by atoms with Crippen molar-refractivity contribution in [3.05, 3.63) is 23.8 Å². The summed E-state index contributed by atoms with van der Waals surface area (Å²) in [5, 5.41) is 0.825. The molecule has 22 heavy (non-hydrogen) atoms. The van der Waals surface area contributed by atoms with E-state index in [2.05, 4.69) is 47.8 Å². The maximum Gasteiger partial charge on any atom is 0.233 e. The van der Waals surface area contributed by atoms with Gasteiger partial charge >= 0.3 is 0 Å². The fraction of sp³-hybridized carbons (Fsp3) is 0.529. The molecule has 0 bridgehead atoms. The summed E-state index contributed by atoms with van der Waals surface area (Å²) >= 11 is 1.50. The highest BCUT2D eigenvalue weighted by Crippen LogP contribution is 2.25. The molecule has 0 saturated carbocycles. The van der Waals surface area contributed by atoms with Crippen LogP contribution < -0.4 is 0 Å². The van der Waals surface area contributed by atoms with Crippen molar-refractivity contribution in [2.45, 2.75) is 57.3 Å². The van der Waals surface area contributed by atoms with E-state index in [-0.39, 0.29) is 5.91 Å². The number of amides is 1. The van der Waals surface area contributed by atoms with Crippen LogP contribution in [0.25, 0.3) is 11.0 Å². The average molecular weight is 317 g/mol. The highest BCUT2D eigenvalue weighted by atomic mass is 32.2. The molecule has 2 aromatic rings. The summed E-state index contributed by atoms with van der Waals surface area (Å²) in [4.78, 5) is 22.4. The zero-order chi connectivity index (χ0) is 15.7. The first-order valence-electron chi connectivity index (χ1n) is 7.95. The zero-order valence-electron chi connectivity index (χ0n) is 13.4. The van der Waals surface area contributed by atoms with E-state index < -0.39 is 0 Å². The number of hydrogen-bond acceptors (Lipinski definition) is 3. The van der Waals surface area contributed by atoms with Crippen molar-refractivity contribution in [3.8, 4) is 0 Å². The third kappa shape index (κ3) is 3.14. The van der Waals surface area contributed by atoms with Gasteiger partial charge in [0.2, 0.25) is 5.91 Å². The lowest BCUT2D eigenvalue weighted by atomic mass is 9.98. The Morgan fingerprint density at radius 1 is 1.36 bits per heavy atom. The second-order valence-electron chi connectivity index (χ2n) is 6.28. The lowest BCUT2D eigenvalue weighted by Gasteiger charge is -2.39. The van der Waals surface area contributed by atoms with Crippen molar-refractivity contribution < 1.29 is 4.79 Å². The van der Waals surface area contributed by atoms with E-state index in [0.717, 1.165) is 29.0 Å². The fourth-order valence-electron chi connectivity index (χ4n) is 3.29. The minimum Gasteiger partial charge on any atom is -0.337 e. The topological polar surface area (TPSA) is 49.0 Å². The maximum atomic E-state index is 12.5. The summed E-state index contributed by atoms with van der Waals surface area (Å²) in [5.41, 5.74) is 3.20. The molecule has 1 aromatic carbocycles. The zero-order valence-corrected chi connectivity index (χ0v) is 14.2. The second kappa shape index (κ2) is 6.32. The molecule has 0 spiro atoms. The number of thioether (sulfide) groups is 1. The Hall–Kier alpha value is -1.49. The van der Waals surface area contributed by atoms with Gasteiger partial charge in [-0.2, -0.15) is 0 Å². The summed E-state index contributed by atoms with van der Waals surface area (Å²) in [6, 6.07) is 6.87. The van der Waals surface area contributed by atoms with E-state index in [9.17, 15) is 4.79 Å². The molecule has 1 aromatic heterocycles. The number of imidazole rings is 1. The van der Waals surface area contributed by atoms with Crippen molar-refractivity contribution in [2.24, 2.45) is 0 Å². The van der Waals surface area contributed by atoms with E-state index in [1.54, 1.807) is 0 Å². The van der Waals surface area contributed by atoms with Gasteiger partial charge in [-0.3, -0.25) is 4.79 Å². The van der Waals surface area contributed by atoms with E-state index in [4.69, 9.17) is 0 Å². The number of carbonyl (C=O) groups excluding carboxylic acids is 1. The molecule has 1 N–H and O–H groups in total. The van der Waals surface area contributed by atoms with Crippen LogP contribution in [-0.2, 0) is 4.79 Å². The summed E-state index contributed by atoms with van der Waals surface area (Å²) in [6.45, 7) is 6.38. The third-order valence-electron chi connectivity index (χ3n) is 4.43. The van der Waals surface area contributed by atoms with Crippen LogP contribution in [0.5, 0.6) is 0 Å². The van der Waals surface area contributed by atoms with Crippen LogP contribution in [0.3, 0.4) is 0 Å². The van der Waals surface area contributed by atoms with Crippen LogP contribution in [-0.4, -0.2) is 38.6 Å². The number of nitrogens with zero attached hydrogens (tertiary/aromatic N) is 2.